The maximum atomic E-state index is 10.8. The molecule has 0 fully saturated rings. The van der Waals surface area contributed by atoms with E-state index in [4.69, 9.17) is 14.4 Å². The van der Waals surface area contributed by atoms with Crippen LogP contribution in [0.1, 0.15) is 5.82 Å². The molecule has 1 heterocycles. The second-order valence-electron chi connectivity index (χ2n) is 3.32. The number of nitro groups is 1. The molecule has 1 N–H and O–H groups in total. The molecule has 2 aromatic rings. The fourth-order valence-electron chi connectivity index (χ4n) is 1.40. The standard InChI is InChI=1S/C10H9N3O5/c1-17-8-3-2-6(4-7(8)13(15)16)10-11-9(5-14)12-18-10/h2-4,14H,5H2,1H3. The Morgan fingerprint density at radius 3 is 2.89 bits per heavy atom. The summed E-state index contributed by atoms with van der Waals surface area (Å²) in [6.07, 6.45) is 0. The summed E-state index contributed by atoms with van der Waals surface area (Å²) in [6.45, 7) is -0.359. The minimum atomic E-state index is -0.564. The van der Waals surface area contributed by atoms with E-state index in [2.05, 4.69) is 10.1 Å². The maximum Gasteiger partial charge on any atom is 0.311 e. The van der Waals surface area contributed by atoms with E-state index in [1.54, 1.807) is 6.07 Å². The molecule has 94 valence electrons. The van der Waals surface area contributed by atoms with Gasteiger partial charge in [-0.25, -0.2) is 0 Å². The van der Waals surface area contributed by atoms with E-state index in [1.807, 2.05) is 0 Å². The van der Waals surface area contributed by atoms with E-state index in [0.717, 1.165) is 0 Å². The third-order valence-electron chi connectivity index (χ3n) is 2.23. The summed E-state index contributed by atoms with van der Waals surface area (Å²) in [7, 11) is 1.35. The molecule has 1 aromatic heterocycles. The monoisotopic (exact) mass is 251 g/mol. The largest absolute Gasteiger partial charge is 0.490 e. The summed E-state index contributed by atoms with van der Waals surface area (Å²) in [4.78, 5) is 14.1. The lowest BCUT2D eigenvalue weighted by atomic mass is 10.2. The Labute approximate surface area is 101 Å². The zero-order valence-electron chi connectivity index (χ0n) is 9.36. The smallest absolute Gasteiger partial charge is 0.311 e. The molecule has 0 saturated carbocycles. The molecule has 0 aliphatic heterocycles. The minimum Gasteiger partial charge on any atom is -0.490 e. The maximum absolute atomic E-state index is 10.8. The lowest BCUT2D eigenvalue weighted by Gasteiger charge is -2.01. The average Bonchev–Trinajstić information content (AvgIpc) is 2.86. The van der Waals surface area contributed by atoms with Gasteiger partial charge in [-0.15, -0.1) is 0 Å². The topological polar surface area (TPSA) is 112 Å². The predicted octanol–water partition coefficient (Wildman–Crippen LogP) is 1.15. The van der Waals surface area contributed by atoms with Crippen LogP contribution in [0, 0.1) is 10.1 Å². The summed E-state index contributed by atoms with van der Waals surface area (Å²) in [5.74, 6) is 0.360. The lowest BCUT2D eigenvalue weighted by Crippen LogP contribution is -1.94. The molecule has 0 atom stereocenters. The van der Waals surface area contributed by atoms with Gasteiger partial charge < -0.3 is 14.4 Å². The molecule has 0 aliphatic carbocycles. The number of aromatic nitrogens is 2. The Morgan fingerprint density at radius 2 is 2.33 bits per heavy atom. The summed E-state index contributed by atoms with van der Waals surface area (Å²) in [5.41, 5.74) is 0.188. The van der Waals surface area contributed by atoms with Gasteiger partial charge in [0, 0.05) is 11.6 Å². The van der Waals surface area contributed by atoms with Gasteiger partial charge in [0.25, 0.3) is 5.89 Å². The SMILES string of the molecule is COc1ccc(-c2nc(CO)no2)cc1[N+](=O)[O-]. The van der Waals surface area contributed by atoms with Gasteiger partial charge in [0.1, 0.15) is 6.61 Å². The first-order chi connectivity index (χ1) is 8.65. The second-order valence-corrected chi connectivity index (χ2v) is 3.32. The quantitative estimate of drug-likeness (QED) is 0.640. The molecular weight excluding hydrogens is 242 g/mol. The zero-order chi connectivity index (χ0) is 13.1. The summed E-state index contributed by atoms with van der Waals surface area (Å²) in [6, 6.07) is 4.27. The number of hydrogen-bond acceptors (Lipinski definition) is 7. The Bertz CT molecular complexity index is 581. The molecule has 0 unspecified atom stereocenters. The number of rotatable bonds is 4. The van der Waals surface area contributed by atoms with Crippen LogP contribution in [0.5, 0.6) is 5.75 Å². The Morgan fingerprint density at radius 1 is 1.56 bits per heavy atom. The van der Waals surface area contributed by atoms with Crippen molar-refractivity contribution >= 4 is 5.69 Å². The molecule has 0 amide bonds. The molecular formula is C10H9N3O5. The highest BCUT2D eigenvalue weighted by Gasteiger charge is 2.18. The van der Waals surface area contributed by atoms with Gasteiger partial charge in [-0.2, -0.15) is 4.98 Å². The van der Waals surface area contributed by atoms with Crippen LogP contribution >= 0.6 is 0 Å². The number of methoxy groups -OCH3 is 1. The van der Waals surface area contributed by atoms with Crippen molar-refractivity contribution in [2.24, 2.45) is 0 Å². The minimum absolute atomic E-state index is 0.102. The van der Waals surface area contributed by atoms with Crippen molar-refractivity contribution in [2.75, 3.05) is 7.11 Å². The molecule has 18 heavy (non-hydrogen) atoms. The molecule has 2 rings (SSSR count). The highest BCUT2D eigenvalue weighted by molar-refractivity contribution is 5.62. The van der Waals surface area contributed by atoms with Crippen molar-refractivity contribution in [3.8, 4) is 17.2 Å². The normalized spacial score (nSPS) is 10.3. The number of benzene rings is 1. The summed E-state index contributed by atoms with van der Waals surface area (Å²) in [5, 5.41) is 23.1. The van der Waals surface area contributed by atoms with E-state index in [9.17, 15) is 10.1 Å². The first-order valence-electron chi connectivity index (χ1n) is 4.92. The van der Waals surface area contributed by atoms with Gasteiger partial charge in [-0.05, 0) is 12.1 Å². The number of nitrogens with zero attached hydrogens (tertiary/aromatic N) is 3. The van der Waals surface area contributed by atoms with Crippen molar-refractivity contribution in [1.82, 2.24) is 10.1 Å². The third-order valence-corrected chi connectivity index (χ3v) is 2.23. The number of nitro benzene ring substituents is 1. The first-order valence-corrected chi connectivity index (χ1v) is 4.92. The zero-order valence-corrected chi connectivity index (χ0v) is 9.36. The average molecular weight is 251 g/mol. The number of aliphatic hydroxyl groups excluding tert-OH is 1. The van der Waals surface area contributed by atoms with Gasteiger partial charge in [0.2, 0.25) is 0 Å². The van der Waals surface area contributed by atoms with Gasteiger partial charge >= 0.3 is 5.69 Å². The second kappa shape index (κ2) is 4.80. The molecule has 0 spiro atoms. The fraction of sp³-hybridized carbons (Fsp3) is 0.200. The van der Waals surface area contributed by atoms with Crippen LogP contribution in [-0.2, 0) is 6.61 Å². The highest BCUT2D eigenvalue weighted by atomic mass is 16.6. The number of hydrogen-bond donors (Lipinski definition) is 1. The van der Waals surface area contributed by atoms with Gasteiger partial charge in [-0.1, -0.05) is 5.16 Å². The predicted molar refractivity (Wildman–Crippen MR) is 58.9 cm³/mol. The molecule has 8 heteroatoms. The Kier molecular flexibility index (Phi) is 3.20. The van der Waals surface area contributed by atoms with Gasteiger partial charge in [0.15, 0.2) is 11.6 Å². The van der Waals surface area contributed by atoms with Crippen molar-refractivity contribution in [1.29, 1.82) is 0 Å². The Balaban J connectivity index is 2.46. The van der Waals surface area contributed by atoms with Crippen LogP contribution in [0.2, 0.25) is 0 Å². The van der Waals surface area contributed by atoms with Gasteiger partial charge in [0.05, 0.1) is 12.0 Å². The van der Waals surface area contributed by atoms with Crippen LogP contribution in [0.3, 0.4) is 0 Å². The molecule has 0 radical (unpaired) electrons. The molecule has 0 bridgehead atoms. The van der Waals surface area contributed by atoms with Crippen molar-refractivity contribution in [3.05, 3.63) is 34.1 Å². The first kappa shape index (κ1) is 12.0. The van der Waals surface area contributed by atoms with Crippen LogP contribution < -0.4 is 4.74 Å². The highest BCUT2D eigenvalue weighted by Crippen LogP contribution is 2.31. The van der Waals surface area contributed by atoms with Crippen LogP contribution in [0.4, 0.5) is 5.69 Å². The lowest BCUT2D eigenvalue weighted by molar-refractivity contribution is -0.385. The molecule has 0 aliphatic rings. The summed E-state index contributed by atoms with van der Waals surface area (Å²) >= 11 is 0. The fourth-order valence-corrected chi connectivity index (χ4v) is 1.40. The van der Waals surface area contributed by atoms with E-state index >= 15 is 0 Å². The van der Waals surface area contributed by atoms with Crippen LogP contribution in [-0.4, -0.2) is 27.3 Å². The Hall–Kier alpha value is -2.48. The van der Waals surface area contributed by atoms with Crippen LogP contribution in [0.15, 0.2) is 22.7 Å². The number of aliphatic hydroxyl groups is 1. The van der Waals surface area contributed by atoms with Crippen LogP contribution in [0.25, 0.3) is 11.5 Å². The molecule has 1 aromatic carbocycles. The van der Waals surface area contributed by atoms with Crippen molar-refractivity contribution in [2.45, 2.75) is 6.61 Å². The third kappa shape index (κ3) is 2.13. The molecule has 0 saturated heterocycles. The molecule has 8 nitrogen and oxygen atoms in total. The van der Waals surface area contributed by atoms with E-state index < -0.39 is 4.92 Å². The van der Waals surface area contributed by atoms with Crippen molar-refractivity contribution < 1.29 is 19.3 Å². The van der Waals surface area contributed by atoms with E-state index in [1.165, 1.54) is 19.2 Å². The van der Waals surface area contributed by atoms with E-state index in [-0.39, 0.29) is 29.8 Å². The summed E-state index contributed by atoms with van der Waals surface area (Å²) < 4.78 is 9.74. The van der Waals surface area contributed by atoms with E-state index in [0.29, 0.717) is 5.56 Å². The van der Waals surface area contributed by atoms with Crippen molar-refractivity contribution in [3.63, 3.8) is 0 Å². The number of ether oxygens (including phenoxy) is 1. The van der Waals surface area contributed by atoms with Gasteiger partial charge in [-0.3, -0.25) is 10.1 Å².